The minimum absolute atomic E-state index is 0.183. The van der Waals surface area contributed by atoms with Crippen molar-refractivity contribution in [2.24, 2.45) is 0 Å². The summed E-state index contributed by atoms with van der Waals surface area (Å²) in [5.74, 6) is 0.786. The smallest absolute Gasteiger partial charge is 0.174 e. The van der Waals surface area contributed by atoms with Gasteiger partial charge in [0.05, 0.1) is 13.4 Å². The second-order valence-corrected chi connectivity index (χ2v) is 5.83. The summed E-state index contributed by atoms with van der Waals surface area (Å²) in [6.45, 7) is 0. The fourth-order valence-corrected chi connectivity index (χ4v) is 3.28. The highest BCUT2D eigenvalue weighted by Crippen LogP contribution is 2.60. The molecule has 5 heteroatoms. The molecule has 0 saturated carbocycles. The summed E-state index contributed by atoms with van der Waals surface area (Å²) in [5, 5.41) is 0.679. The summed E-state index contributed by atoms with van der Waals surface area (Å²) < 4.78 is 13.5. The number of imidazole rings is 1. The van der Waals surface area contributed by atoms with Crippen LogP contribution < -0.4 is 4.74 Å². The van der Waals surface area contributed by atoms with Crippen LogP contribution in [0.5, 0.6) is 5.75 Å². The lowest BCUT2D eigenvalue weighted by Crippen LogP contribution is -2.15. The van der Waals surface area contributed by atoms with Gasteiger partial charge in [0, 0.05) is 23.0 Å². The van der Waals surface area contributed by atoms with E-state index in [-0.39, 0.29) is 6.23 Å². The highest BCUT2D eigenvalue weighted by molar-refractivity contribution is 6.31. The van der Waals surface area contributed by atoms with Gasteiger partial charge in [-0.25, -0.2) is 4.98 Å². The van der Waals surface area contributed by atoms with Crippen LogP contribution in [0.2, 0.25) is 5.02 Å². The Morgan fingerprint density at radius 2 is 2.09 bits per heavy atom. The Bertz CT molecular complexity index is 835. The van der Waals surface area contributed by atoms with Crippen molar-refractivity contribution in [1.82, 2.24) is 9.55 Å². The Kier molecular flexibility index (Phi) is 3.36. The van der Waals surface area contributed by atoms with E-state index < -0.39 is 5.60 Å². The minimum Gasteiger partial charge on any atom is -0.497 e. The monoisotopic (exact) mass is 326 g/mol. The van der Waals surface area contributed by atoms with E-state index in [1.54, 1.807) is 19.6 Å². The SMILES string of the molecule is COc1cccc(C2(c3ccccc3Cl)OC2n2ccnc2)c1. The van der Waals surface area contributed by atoms with Crippen molar-refractivity contribution in [3.63, 3.8) is 0 Å². The second-order valence-electron chi connectivity index (χ2n) is 5.43. The third-order valence-electron chi connectivity index (χ3n) is 4.16. The van der Waals surface area contributed by atoms with Gasteiger partial charge in [-0.05, 0) is 23.8 Å². The predicted molar refractivity (Wildman–Crippen MR) is 87.6 cm³/mol. The van der Waals surface area contributed by atoms with E-state index in [2.05, 4.69) is 4.98 Å². The third-order valence-corrected chi connectivity index (χ3v) is 4.49. The van der Waals surface area contributed by atoms with Gasteiger partial charge in [0.25, 0.3) is 0 Å². The zero-order valence-electron chi connectivity index (χ0n) is 12.5. The van der Waals surface area contributed by atoms with Crippen LogP contribution in [-0.2, 0) is 10.3 Å². The van der Waals surface area contributed by atoms with Crippen LogP contribution in [0, 0.1) is 0 Å². The lowest BCUT2D eigenvalue weighted by atomic mass is 9.90. The standard InChI is InChI=1S/C18H15ClN2O2/c1-22-14-6-4-5-13(11-14)18(15-7-2-3-8-16(15)19)17(23-18)21-10-9-20-12-21/h2-12,17H,1H3. The molecule has 1 saturated heterocycles. The maximum atomic E-state index is 6.46. The summed E-state index contributed by atoms with van der Waals surface area (Å²) in [7, 11) is 1.66. The van der Waals surface area contributed by atoms with Crippen molar-refractivity contribution in [3.8, 4) is 5.75 Å². The molecule has 0 spiro atoms. The molecule has 116 valence electrons. The quantitative estimate of drug-likeness (QED) is 0.680. The lowest BCUT2D eigenvalue weighted by Gasteiger charge is -2.16. The van der Waals surface area contributed by atoms with Crippen molar-refractivity contribution in [2.45, 2.75) is 11.8 Å². The van der Waals surface area contributed by atoms with Gasteiger partial charge in [0.15, 0.2) is 11.8 Å². The Morgan fingerprint density at radius 1 is 1.22 bits per heavy atom. The Balaban J connectivity index is 1.88. The number of benzene rings is 2. The highest BCUT2D eigenvalue weighted by atomic mass is 35.5. The number of nitrogens with zero attached hydrogens (tertiary/aromatic N) is 2. The van der Waals surface area contributed by atoms with Crippen LogP contribution in [0.3, 0.4) is 0 Å². The average molecular weight is 327 g/mol. The van der Waals surface area contributed by atoms with Crippen molar-refractivity contribution < 1.29 is 9.47 Å². The molecule has 0 aliphatic carbocycles. The first kappa shape index (κ1) is 14.3. The summed E-state index contributed by atoms with van der Waals surface area (Å²) in [5.41, 5.74) is 1.31. The average Bonchev–Trinajstić information content (AvgIpc) is 3.10. The van der Waals surface area contributed by atoms with Crippen molar-refractivity contribution in [1.29, 1.82) is 0 Å². The number of rotatable bonds is 4. The van der Waals surface area contributed by atoms with Crippen molar-refractivity contribution in [2.75, 3.05) is 7.11 Å². The molecular weight excluding hydrogens is 312 g/mol. The lowest BCUT2D eigenvalue weighted by molar-refractivity contribution is 0.303. The molecule has 3 aromatic rings. The number of epoxide rings is 1. The molecule has 0 amide bonds. The van der Waals surface area contributed by atoms with E-state index in [0.717, 1.165) is 16.9 Å². The minimum atomic E-state index is -0.631. The van der Waals surface area contributed by atoms with Gasteiger partial charge in [0.2, 0.25) is 0 Å². The first-order valence-corrected chi connectivity index (χ1v) is 7.68. The van der Waals surface area contributed by atoms with Crippen molar-refractivity contribution >= 4 is 11.6 Å². The second kappa shape index (κ2) is 5.41. The molecule has 2 heterocycles. The van der Waals surface area contributed by atoms with Crippen LogP contribution in [0.15, 0.2) is 67.3 Å². The van der Waals surface area contributed by atoms with Gasteiger partial charge in [-0.2, -0.15) is 0 Å². The number of aromatic nitrogens is 2. The Hall–Kier alpha value is -2.30. The summed E-state index contributed by atoms with van der Waals surface area (Å²) in [4.78, 5) is 4.12. The molecule has 1 fully saturated rings. The highest BCUT2D eigenvalue weighted by Gasteiger charge is 2.61. The van der Waals surface area contributed by atoms with Gasteiger partial charge >= 0.3 is 0 Å². The summed E-state index contributed by atoms with van der Waals surface area (Å²) in [6.07, 6.45) is 5.20. The van der Waals surface area contributed by atoms with E-state index in [1.165, 1.54) is 0 Å². The maximum Gasteiger partial charge on any atom is 0.174 e. The molecule has 4 rings (SSSR count). The first-order valence-electron chi connectivity index (χ1n) is 7.30. The van der Waals surface area contributed by atoms with Crippen LogP contribution in [0.4, 0.5) is 0 Å². The topological polar surface area (TPSA) is 39.6 Å². The Morgan fingerprint density at radius 3 is 2.83 bits per heavy atom. The zero-order chi connectivity index (χ0) is 15.9. The van der Waals surface area contributed by atoms with E-state index >= 15 is 0 Å². The fraction of sp³-hybridized carbons (Fsp3) is 0.167. The fourth-order valence-electron chi connectivity index (χ4n) is 3.00. The molecule has 2 unspecified atom stereocenters. The number of ether oxygens (including phenoxy) is 2. The maximum absolute atomic E-state index is 6.46. The van der Waals surface area contributed by atoms with E-state index in [4.69, 9.17) is 21.1 Å². The number of halogens is 1. The molecule has 0 N–H and O–H groups in total. The molecule has 1 aliphatic heterocycles. The van der Waals surface area contributed by atoms with E-state index in [9.17, 15) is 0 Å². The summed E-state index contributed by atoms with van der Waals surface area (Å²) >= 11 is 6.46. The molecule has 2 aromatic carbocycles. The van der Waals surface area contributed by atoms with Gasteiger partial charge in [-0.3, -0.25) is 0 Å². The van der Waals surface area contributed by atoms with Gasteiger partial charge in [-0.15, -0.1) is 0 Å². The predicted octanol–water partition coefficient (Wildman–Crippen LogP) is 4.02. The molecule has 1 aliphatic rings. The van der Waals surface area contributed by atoms with Gasteiger partial charge in [-0.1, -0.05) is 41.9 Å². The first-order chi connectivity index (χ1) is 11.3. The largest absolute Gasteiger partial charge is 0.497 e. The zero-order valence-corrected chi connectivity index (χ0v) is 13.3. The van der Waals surface area contributed by atoms with Crippen LogP contribution in [0.25, 0.3) is 0 Å². The van der Waals surface area contributed by atoms with Gasteiger partial charge in [0.1, 0.15) is 5.75 Å². The normalized spacial score (nSPS) is 22.8. The molecule has 4 nitrogen and oxygen atoms in total. The third kappa shape index (κ3) is 2.22. The molecule has 23 heavy (non-hydrogen) atoms. The molecule has 0 radical (unpaired) electrons. The van der Waals surface area contributed by atoms with Gasteiger partial charge < -0.3 is 14.0 Å². The molecular formula is C18H15ClN2O2. The van der Waals surface area contributed by atoms with Crippen LogP contribution in [0.1, 0.15) is 17.4 Å². The van der Waals surface area contributed by atoms with E-state index in [0.29, 0.717) is 5.02 Å². The van der Waals surface area contributed by atoms with Crippen LogP contribution in [-0.4, -0.2) is 16.7 Å². The number of methoxy groups -OCH3 is 1. The molecule has 1 aromatic heterocycles. The van der Waals surface area contributed by atoms with Crippen molar-refractivity contribution in [3.05, 3.63) is 83.4 Å². The number of hydrogen-bond donors (Lipinski definition) is 0. The van der Waals surface area contributed by atoms with Crippen LogP contribution >= 0.6 is 11.6 Å². The van der Waals surface area contributed by atoms with E-state index in [1.807, 2.05) is 59.3 Å². The Labute approximate surface area is 139 Å². The molecule has 2 atom stereocenters. The summed E-state index contributed by atoms with van der Waals surface area (Å²) in [6, 6.07) is 15.7. The molecule has 0 bridgehead atoms. The number of hydrogen-bond acceptors (Lipinski definition) is 3.